The molecular formula is C5H5N2O3S. The van der Waals surface area contributed by atoms with Gasteiger partial charge in [-0.1, -0.05) is 0 Å². The maximum Gasteiger partial charge on any atom is 0.270 e. The summed E-state index contributed by atoms with van der Waals surface area (Å²) in [5.41, 5.74) is 0.176. The third kappa shape index (κ3) is 3.06. The van der Waals surface area contributed by atoms with E-state index in [1.807, 2.05) is 0 Å². The summed E-state index contributed by atoms with van der Waals surface area (Å²) in [7, 11) is -4.00. The highest BCUT2D eigenvalue weighted by Crippen LogP contribution is 1.96. The molecule has 0 spiro atoms. The van der Waals surface area contributed by atoms with Crippen LogP contribution in [0.1, 0.15) is 5.69 Å². The molecule has 1 aromatic heterocycles. The van der Waals surface area contributed by atoms with Crippen molar-refractivity contribution in [1.29, 1.82) is 0 Å². The summed E-state index contributed by atoms with van der Waals surface area (Å²) in [5, 5.41) is 0. The Bertz CT molecular complexity index is 321. The topological polar surface area (TPSA) is 80.2 Å². The average molecular weight is 173 g/mol. The zero-order valence-corrected chi connectivity index (χ0v) is 6.24. The van der Waals surface area contributed by atoms with E-state index in [0.29, 0.717) is 0 Å². The Balaban J connectivity index is 2.82. The van der Waals surface area contributed by atoms with Gasteiger partial charge in [-0.3, -0.25) is 9.54 Å². The molecule has 0 amide bonds. The van der Waals surface area contributed by atoms with Gasteiger partial charge in [0.2, 0.25) is 0 Å². The smallest absolute Gasteiger partial charge is 0.270 e. The molecule has 1 radical (unpaired) electrons. The van der Waals surface area contributed by atoms with Crippen molar-refractivity contribution in [2.45, 2.75) is 5.75 Å². The van der Waals surface area contributed by atoms with Gasteiger partial charge in [0.15, 0.2) is 0 Å². The Morgan fingerprint density at radius 1 is 1.64 bits per heavy atom. The van der Waals surface area contributed by atoms with Crippen LogP contribution in [0, 0.1) is 6.20 Å². The lowest BCUT2D eigenvalue weighted by molar-refractivity contribution is 0.481. The molecule has 0 aliphatic heterocycles. The van der Waals surface area contributed by atoms with E-state index in [0.717, 1.165) is 0 Å². The Morgan fingerprint density at radius 3 is 2.82 bits per heavy atom. The van der Waals surface area contributed by atoms with Crippen LogP contribution in [0.25, 0.3) is 0 Å². The molecule has 6 heteroatoms. The van der Waals surface area contributed by atoms with Crippen molar-refractivity contribution in [2.75, 3.05) is 0 Å². The Hall–Kier alpha value is -1.01. The molecule has 0 atom stereocenters. The van der Waals surface area contributed by atoms with Crippen LogP contribution < -0.4 is 0 Å². The molecule has 0 aromatic carbocycles. The summed E-state index contributed by atoms with van der Waals surface area (Å²) in [6.07, 6.45) is 4.90. The largest absolute Gasteiger partial charge is 0.285 e. The molecule has 1 N–H and O–H groups in total. The number of hydrogen-bond acceptors (Lipinski definition) is 4. The maximum absolute atomic E-state index is 10.3. The highest BCUT2D eigenvalue weighted by molar-refractivity contribution is 7.84. The minimum Gasteiger partial charge on any atom is -0.285 e. The normalized spacial score (nSPS) is 11.4. The van der Waals surface area contributed by atoms with E-state index in [2.05, 4.69) is 16.2 Å². The highest BCUT2D eigenvalue weighted by atomic mass is 32.2. The number of aromatic nitrogens is 2. The van der Waals surface area contributed by atoms with Crippen molar-refractivity contribution < 1.29 is 13.0 Å². The minimum absolute atomic E-state index is 0.176. The van der Waals surface area contributed by atoms with Gasteiger partial charge in [-0.25, -0.2) is 4.98 Å². The monoisotopic (exact) mass is 173 g/mol. The lowest BCUT2D eigenvalue weighted by Crippen LogP contribution is -2.03. The summed E-state index contributed by atoms with van der Waals surface area (Å²) < 4.78 is 28.9. The lowest BCUT2D eigenvalue weighted by Gasteiger charge is -1.93. The van der Waals surface area contributed by atoms with Gasteiger partial charge in [-0.05, 0) is 0 Å². The van der Waals surface area contributed by atoms with E-state index in [-0.39, 0.29) is 5.69 Å². The van der Waals surface area contributed by atoms with E-state index >= 15 is 0 Å². The quantitative estimate of drug-likeness (QED) is 0.619. The van der Waals surface area contributed by atoms with E-state index in [1.54, 1.807) is 0 Å². The predicted octanol–water partition coefficient (Wildman–Crippen LogP) is -0.335. The molecule has 0 bridgehead atoms. The molecule has 0 saturated carbocycles. The second-order valence-corrected chi connectivity index (χ2v) is 3.32. The molecule has 0 unspecified atom stereocenters. The summed E-state index contributed by atoms with van der Waals surface area (Å²) in [5.74, 6) is -0.517. The number of rotatable bonds is 2. The van der Waals surface area contributed by atoms with Crippen LogP contribution in [0.3, 0.4) is 0 Å². The molecule has 11 heavy (non-hydrogen) atoms. The van der Waals surface area contributed by atoms with Crippen molar-refractivity contribution in [3.05, 3.63) is 24.3 Å². The average Bonchev–Trinajstić information content (AvgIpc) is 1.85. The standard InChI is InChI=1S/C5H5N2O3S/c8-11(9,10)4-5-3-6-1-2-7-5/h1,3H,4H2,(H,8,9,10). The third-order valence-electron chi connectivity index (χ3n) is 0.894. The van der Waals surface area contributed by atoms with Crippen LogP contribution in [0.15, 0.2) is 12.4 Å². The van der Waals surface area contributed by atoms with Crippen LogP contribution in [-0.4, -0.2) is 22.9 Å². The van der Waals surface area contributed by atoms with Gasteiger partial charge in [-0.2, -0.15) is 8.42 Å². The zero-order chi connectivity index (χ0) is 8.32. The second-order valence-electron chi connectivity index (χ2n) is 1.87. The van der Waals surface area contributed by atoms with Crippen LogP contribution in [0.4, 0.5) is 0 Å². The SMILES string of the molecule is O=S(=O)(O)Cc1cnc[c]n1. The summed E-state index contributed by atoms with van der Waals surface area (Å²) in [6, 6.07) is 0. The van der Waals surface area contributed by atoms with Crippen molar-refractivity contribution in [3.8, 4) is 0 Å². The highest BCUT2D eigenvalue weighted by Gasteiger charge is 2.06. The molecule has 0 aliphatic rings. The second kappa shape index (κ2) is 2.93. The van der Waals surface area contributed by atoms with E-state index in [4.69, 9.17) is 4.55 Å². The fourth-order valence-electron chi connectivity index (χ4n) is 0.554. The molecule has 0 saturated heterocycles. The molecule has 0 fully saturated rings. The molecular weight excluding hydrogens is 168 g/mol. The molecule has 0 aliphatic carbocycles. The summed E-state index contributed by atoms with van der Waals surface area (Å²) >= 11 is 0. The zero-order valence-electron chi connectivity index (χ0n) is 5.43. The first-order valence-corrected chi connectivity index (χ1v) is 4.31. The molecule has 1 aromatic rings. The third-order valence-corrected chi connectivity index (χ3v) is 1.55. The van der Waals surface area contributed by atoms with Crippen LogP contribution in [-0.2, 0) is 15.9 Å². The lowest BCUT2D eigenvalue weighted by atomic mass is 10.5. The first kappa shape index (κ1) is 8.09. The Kier molecular flexibility index (Phi) is 2.16. The maximum atomic E-state index is 10.3. The van der Waals surface area contributed by atoms with E-state index < -0.39 is 15.9 Å². The van der Waals surface area contributed by atoms with Crippen LogP contribution in [0.5, 0.6) is 0 Å². The summed E-state index contributed by atoms with van der Waals surface area (Å²) in [4.78, 5) is 7.11. The Morgan fingerprint density at radius 2 is 2.36 bits per heavy atom. The van der Waals surface area contributed by atoms with Crippen LogP contribution >= 0.6 is 0 Å². The van der Waals surface area contributed by atoms with Crippen molar-refractivity contribution in [1.82, 2.24) is 9.97 Å². The van der Waals surface area contributed by atoms with Gasteiger partial charge >= 0.3 is 0 Å². The van der Waals surface area contributed by atoms with Gasteiger partial charge in [-0.15, -0.1) is 0 Å². The summed E-state index contributed by atoms with van der Waals surface area (Å²) in [6.45, 7) is 0. The number of hydrogen-bond donors (Lipinski definition) is 1. The van der Waals surface area contributed by atoms with Gasteiger partial charge in [0.05, 0.1) is 11.9 Å². The predicted molar refractivity (Wildman–Crippen MR) is 36.1 cm³/mol. The van der Waals surface area contributed by atoms with Gasteiger partial charge in [0, 0.05) is 6.20 Å². The fourth-order valence-corrected chi connectivity index (χ4v) is 1.07. The molecule has 1 rings (SSSR count). The molecule has 1 heterocycles. The van der Waals surface area contributed by atoms with Crippen LogP contribution in [0.2, 0.25) is 0 Å². The van der Waals surface area contributed by atoms with Gasteiger partial charge < -0.3 is 0 Å². The molecule has 59 valence electrons. The van der Waals surface area contributed by atoms with E-state index in [1.165, 1.54) is 12.4 Å². The van der Waals surface area contributed by atoms with Crippen molar-refractivity contribution in [2.24, 2.45) is 0 Å². The minimum atomic E-state index is -4.00. The van der Waals surface area contributed by atoms with Gasteiger partial charge in [0.1, 0.15) is 11.9 Å². The first-order chi connectivity index (χ1) is 5.08. The molecule has 5 nitrogen and oxygen atoms in total. The number of nitrogens with zero attached hydrogens (tertiary/aromatic N) is 2. The van der Waals surface area contributed by atoms with Crippen molar-refractivity contribution in [3.63, 3.8) is 0 Å². The van der Waals surface area contributed by atoms with Gasteiger partial charge in [0.25, 0.3) is 10.1 Å². The Labute approximate surface area is 63.9 Å². The fraction of sp³-hybridized carbons (Fsp3) is 0.200. The first-order valence-electron chi connectivity index (χ1n) is 2.70. The van der Waals surface area contributed by atoms with Crippen molar-refractivity contribution >= 4 is 10.1 Å². The van der Waals surface area contributed by atoms with E-state index in [9.17, 15) is 8.42 Å².